The molecule has 0 aliphatic rings. The first kappa shape index (κ1) is 11.5. The van der Waals surface area contributed by atoms with Crippen LogP contribution in [0.15, 0.2) is 60.8 Å². The molecular weight excluding hydrogens is 236 g/mol. The summed E-state index contributed by atoms with van der Waals surface area (Å²) in [6.07, 6.45) is 1.79. The minimum absolute atomic E-state index is 0.461. The van der Waals surface area contributed by atoms with Gasteiger partial charge >= 0.3 is 0 Å². The van der Waals surface area contributed by atoms with E-state index in [1.54, 1.807) is 6.20 Å². The van der Waals surface area contributed by atoms with Crippen LogP contribution in [-0.2, 0) is 6.61 Å². The third kappa shape index (κ3) is 2.36. The van der Waals surface area contributed by atoms with E-state index in [9.17, 15) is 0 Å². The Morgan fingerprint density at radius 1 is 0.947 bits per heavy atom. The molecule has 3 rings (SSSR count). The van der Waals surface area contributed by atoms with Crippen molar-refractivity contribution in [3.63, 3.8) is 0 Å². The zero-order valence-electron chi connectivity index (χ0n) is 10.4. The number of anilines is 1. The molecule has 2 aromatic carbocycles. The first-order valence-electron chi connectivity index (χ1n) is 6.14. The monoisotopic (exact) mass is 250 g/mol. The fraction of sp³-hybridized carbons (Fsp3) is 0.0625. The van der Waals surface area contributed by atoms with Gasteiger partial charge in [-0.2, -0.15) is 0 Å². The first-order chi connectivity index (χ1) is 9.34. The van der Waals surface area contributed by atoms with E-state index in [0.717, 1.165) is 16.5 Å². The molecule has 0 amide bonds. The number of para-hydroxylation sites is 3. The van der Waals surface area contributed by atoms with Gasteiger partial charge in [0.15, 0.2) is 0 Å². The normalized spacial score (nSPS) is 10.5. The number of rotatable bonds is 3. The van der Waals surface area contributed by atoms with Crippen molar-refractivity contribution >= 4 is 16.6 Å². The van der Waals surface area contributed by atoms with Gasteiger partial charge in [-0.05, 0) is 18.2 Å². The van der Waals surface area contributed by atoms with Crippen molar-refractivity contribution in [2.24, 2.45) is 0 Å². The maximum atomic E-state index is 5.86. The van der Waals surface area contributed by atoms with Crippen LogP contribution >= 0.6 is 0 Å². The van der Waals surface area contributed by atoms with Crippen molar-refractivity contribution in [3.8, 4) is 5.75 Å². The number of hydrogen-bond acceptors (Lipinski definition) is 3. The van der Waals surface area contributed by atoms with E-state index in [0.29, 0.717) is 18.0 Å². The summed E-state index contributed by atoms with van der Waals surface area (Å²) in [5.41, 5.74) is 8.53. The molecule has 0 radical (unpaired) electrons. The van der Waals surface area contributed by atoms with Gasteiger partial charge in [0.25, 0.3) is 0 Å². The van der Waals surface area contributed by atoms with Crippen LogP contribution in [0.25, 0.3) is 10.9 Å². The van der Waals surface area contributed by atoms with Gasteiger partial charge in [0, 0.05) is 17.1 Å². The number of ether oxygens (including phenoxy) is 1. The standard InChI is InChI=1S/C16H14N2O/c17-14-8-1-2-9-15(14)19-11-13-6-3-5-12-7-4-10-18-16(12)13/h1-10H,11,17H2. The SMILES string of the molecule is Nc1ccccc1OCc1cccc2cccnc12. The molecule has 3 heteroatoms. The van der Waals surface area contributed by atoms with Crippen molar-refractivity contribution < 1.29 is 4.74 Å². The number of benzene rings is 2. The van der Waals surface area contributed by atoms with Crippen molar-refractivity contribution in [1.29, 1.82) is 0 Å². The molecule has 2 N–H and O–H groups in total. The fourth-order valence-corrected chi connectivity index (χ4v) is 2.05. The van der Waals surface area contributed by atoms with Crippen LogP contribution in [-0.4, -0.2) is 4.98 Å². The highest BCUT2D eigenvalue weighted by molar-refractivity contribution is 5.81. The summed E-state index contributed by atoms with van der Waals surface area (Å²) in [4.78, 5) is 4.40. The Hall–Kier alpha value is -2.55. The molecule has 3 nitrogen and oxygen atoms in total. The van der Waals surface area contributed by atoms with E-state index in [-0.39, 0.29) is 0 Å². The topological polar surface area (TPSA) is 48.1 Å². The Labute approximate surface area is 111 Å². The van der Waals surface area contributed by atoms with E-state index in [1.165, 1.54) is 0 Å². The van der Waals surface area contributed by atoms with E-state index in [4.69, 9.17) is 10.5 Å². The Bertz CT molecular complexity index is 704. The van der Waals surface area contributed by atoms with E-state index >= 15 is 0 Å². The second kappa shape index (κ2) is 4.98. The van der Waals surface area contributed by atoms with Gasteiger partial charge in [0.1, 0.15) is 12.4 Å². The van der Waals surface area contributed by atoms with Gasteiger partial charge in [0.05, 0.1) is 11.2 Å². The molecule has 0 bridgehead atoms. The highest BCUT2D eigenvalue weighted by atomic mass is 16.5. The number of nitrogens with two attached hydrogens (primary N) is 1. The van der Waals surface area contributed by atoms with Crippen LogP contribution in [0.1, 0.15) is 5.56 Å². The molecule has 0 atom stereocenters. The van der Waals surface area contributed by atoms with Gasteiger partial charge in [-0.15, -0.1) is 0 Å². The maximum Gasteiger partial charge on any atom is 0.142 e. The third-order valence-electron chi connectivity index (χ3n) is 3.02. The average Bonchev–Trinajstić information content (AvgIpc) is 2.46. The first-order valence-corrected chi connectivity index (χ1v) is 6.14. The molecule has 1 aromatic heterocycles. The lowest BCUT2D eigenvalue weighted by Gasteiger charge is -2.10. The Morgan fingerprint density at radius 3 is 2.68 bits per heavy atom. The number of aromatic nitrogens is 1. The van der Waals surface area contributed by atoms with Gasteiger partial charge in [-0.1, -0.05) is 36.4 Å². The molecule has 3 aromatic rings. The van der Waals surface area contributed by atoms with Crippen molar-refractivity contribution in [1.82, 2.24) is 4.98 Å². The average molecular weight is 250 g/mol. The summed E-state index contributed by atoms with van der Waals surface area (Å²) in [6.45, 7) is 0.461. The number of fused-ring (bicyclic) bond motifs is 1. The molecule has 0 saturated heterocycles. The molecule has 19 heavy (non-hydrogen) atoms. The van der Waals surface area contributed by atoms with Crippen molar-refractivity contribution in [3.05, 3.63) is 66.4 Å². The quantitative estimate of drug-likeness (QED) is 0.725. The summed E-state index contributed by atoms with van der Waals surface area (Å²) in [5.74, 6) is 0.704. The molecule has 0 spiro atoms. The predicted molar refractivity (Wildman–Crippen MR) is 76.9 cm³/mol. The lowest BCUT2D eigenvalue weighted by molar-refractivity contribution is 0.309. The van der Waals surface area contributed by atoms with Gasteiger partial charge in [-0.25, -0.2) is 0 Å². The molecule has 0 saturated carbocycles. The zero-order chi connectivity index (χ0) is 13.1. The molecule has 0 fully saturated rings. The molecule has 94 valence electrons. The molecular formula is C16H14N2O. The Morgan fingerprint density at radius 2 is 1.79 bits per heavy atom. The van der Waals surface area contributed by atoms with Crippen LogP contribution in [0.5, 0.6) is 5.75 Å². The van der Waals surface area contributed by atoms with E-state index in [2.05, 4.69) is 4.98 Å². The summed E-state index contributed by atoms with van der Waals surface area (Å²) in [7, 11) is 0. The number of pyridine rings is 1. The highest BCUT2D eigenvalue weighted by Crippen LogP contribution is 2.23. The van der Waals surface area contributed by atoms with Crippen LogP contribution in [0, 0.1) is 0 Å². The lowest BCUT2D eigenvalue weighted by atomic mass is 10.1. The predicted octanol–water partition coefficient (Wildman–Crippen LogP) is 3.40. The lowest BCUT2D eigenvalue weighted by Crippen LogP contribution is -1.99. The van der Waals surface area contributed by atoms with Gasteiger partial charge in [-0.3, -0.25) is 4.98 Å². The summed E-state index contributed by atoms with van der Waals surface area (Å²) in [6, 6.07) is 17.6. The van der Waals surface area contributed by atoms with Crippen LogP contribution in [0.3, 0.4) is 0 Å². The minimum atomic E-state index is 0.461. The number of nitrogens with zero attached hydrogens (tertiary/aromatic N) is 1. The summed E-state index contributed by atoms with van der Waals surface area (Å²) >= 11 is 0. The van der Waals surface area contributed by atoms with Gasteiger partial charge in [0.2, 0.25) is 0 Å². The van der Waals surface area contributed by atoms with Crippen molar-refractivity contribution in [2.45, 2.75) is 6.61 Å². The smallest absolute Gasteiger partial charge is 0.142 e. The molecule has 0 aliphatic carbocycles. The highest BCUT2D eigenvalue weighted by Gasteiger charge is 2.04. The number of hydrogen-bond donors (Lipinski definition) is 1. The molecule has 1 heterocycles. The zero-order valence-corrected chi connectivity index (χ0v) is 10.4. The van der Waals surface area contributed by atoms with E-state index < -0.39 is 0 Å². The third-order valence-corrected chi connectivity index (χ3v) is 3.02. The molecule has 0 unspecified atom stereocenters. The van der Waals surface area contributed by atoms with Gasteiger partial charge < -0.3 is 10.5 Å². The van der Waals surface area contributed by atoms with Crippen molar-refractivity contribution in [2.75, 3.05) is 5.73 Å². The Kier molecular flexibility index (Phi) is 3.02. The van der Waals surface area contributed by atoms with E-state index in [1.807, 2.05) is 54.6 Å². The summed E-state index contributed by atoms with van der Waals surface area (Å²) in [5, 5.41) is 1.12. The van der Waals surface area contributed by atoms with Crippen LogP contribution in [0.2, 0.25) is 0 Å². The number of nitrogen functional groups attached to an aromatic ring is 1. The fourth-order valence-electron chi connectivity index (χ4n) is 2.05. The molecule has 0 aliphatic heterocycles. The second-order valence-corrected chi connectivity index (χ2v) is 4.32. The Balaban J connectivity index is 1.88. The van der Waals surface area contributed by atoms with Crippen LogP contribution < -0.4 is 10.5 Å². The minimum Gasteiger partial charge on any atom is -0.487 e. The maximum absolute atomic E-state index is 5.86. The largest absolute Gasteiger partial charge is 0.487 e. The van der Waals surface area contributed by atoms with Crippen LogP contribution in [0.4, 0.5) is 5.69 Å². The second-order valence-electron chi connectivity index (χ2n) is 4.32. The summed E-state index contributed by atoms with van der Waals surface area (Å²) < 4.78 is 5.77.